The molecule has 0 aliphatic rings. The van der Waals surface area contributed by atoms with Gasteiger partial charge in [0.1, 0.15) is 0 Å². The van der Waals surface area contributed by atoms with E-state index in [2.05, 4.69) is 10.2 Å². The fourth-order valence-electron chi connectivity index (χ4n) is 0.564. The molecule has 13 heavy (non-hydrogen) atoms. The maximum absolute atomic E-state index is 11.9. The van der Waals surface area contributed by atoms with Gasteiger partial charge in [-0.15, -0.1) is 10.2 Å². The Morgan fingerprint density at radius 1 is 1.31 bits per heavy atom. The molecule has 1 N–H and O–H groups in total. The summed E-state index contributed by atoms with van der Waals surface area (Å²) in [6.07, 6.45) is -4.58. The van der Waals surface area contributed by atoms with Crippen LogP contribution in [0.5, 0.6) is 0 Å². The van der Waals surface area contributed by atoms with Crippen LogP contribution in [0.1, 0.15) is 5.69 Å². The predicted molar refractivity (Wildman–Crippen MR) is 36.1 cm³/mol. The summed E-state index contributed by atoms with van der Waals surface area (Å²) in [5.74, 6) is 0. The lowest BCUT2D eigenvalue weighted by atomic mass is 10.4. The van der Waals surface area contributed by atoms with Crippen molar-refractivity contribution in [3.8, 4) is 0 Å². The molecule has 0 saturated heterocycles. The van der Waals surface area contributed by atoms with Crippen LogP contribution in [0.3, 0.4) is 0 Å². The van der Waals surface area contributed by atoms with Crippen molar-refractivity contribution in [1.29, 1.82) is 0 Å². The van der Waals surface area contributed by atoms with Gasteiger partial charge in [-0.1, -0.05) is 0 Å². The summed E-state index contributed by atoms with van der Waals surface area (Å²) < 4.78 is 54.3. The molecule has 1 aromatic rings. The van der Waals surface area contributed by atoms with Crippen molar-refractivity contribution in [3.05, 3.63) is 17.8 Å². The zero-order chi connectivity index (χ0) is 10.1. The SMILES string of the molecule is O=S(O)c1ccc(C(F)(F)F)nn1. The number of hydrogen-bond donors (Lipinski definition) is 1. The van der Waals surface area contributed by atoms with Crippen molar-refractivity contribution in [2.24, 2.45) is 0 Å². The van der Waals surface area contributed by atoms with Gasteiger partial charge in [0, 0.05) is 0 Å². The maximum Gasteiger partial charge on any atom is 0.435 e. The molecule has 0 aliphatic heterocycles. The molecule has 0 aliphatic carbocycles. The molecule has 72 valence electrons. The van der Waals surface area contributed by atoms with Gasteiger partial charge in [0.05, 0.1) is 0 Å². The molecule has 1 aromatic heterocycles. The van der Waals surface area contributed by atoms with Crippen LogP contribution in [0.4, 0.5) is 13.2 Å². The molecule has 0 radical (unpaired) electrons. The first kappa shape index (κ1) is 10.1. The van der Waals surface area contributed by atoms with Crippen molar-refractivity contribution >= 4 is 11.1 Å². The van der Waals surface area contributed by atoms with Gasteiger partial charge in [-0.3, -0.25) is 0 Å². The standard InChI is InChI=1S/C5H3F3N2O2S/c6-5(7,8)3-1-2-4(10-9-3)13(11)12/h1-2H,(H,11,12). The molecule has 8 heteroatoms. The molecule has 1 rings (SSSR count). The van der Waals surface area contributed by atoms with Crippen LogP contribution >= 0.6 is 0 Å². The first-order valence-electron chi connectivity index (χ1n) is 2.93. The van der Waals surface area contributed by atoms with Gasteiger partial charge in [-0.25, -0.2) is 4.21 Å². The maximum atomic E-state index is 11.9. The fraction of sp³-hybridized carbons (Fsp3) is 0.200. The largest absolute Gasteiger partial charge is 0.435 e. The molecular weight excluding hydrogens is 209 g/mol. The minimum atomic E-state index is -4.58. The Kier molecular flexibility index (Phi) is 2.62. The monoisotopic (exact) mass is 212 g/mol. The fourth-order valence-corrected chi connectivity index (χ4v) is 0.859. The summed E-state index contributed by atoms with van der Waals surface area (Å²) >= 11 is -2.40. The minimum Gasteiger partial charge on any atom is -0.301 e. The van der Waals surface area contributed by atoms with Crippen molar-refractivity contribution < 1.29 is 21.9 Å². The van der Waals surface area contributed by atoms with Gasteiger partial charge < -0.3 is 4.55 Å². The molecule has 4 nitrogen and oxygen atoms in total. The highest BCUT2D eigenvalue weighted by atomic mass is 32.2. The van der Waals surface area contributed by atoms with Gasteiger partial charge in [0.25, 0.3) is 0 Å². The number of alkyl halides is 3. The van der Waals surface area contributed by atoms with E-state index in [1.807, 2.05) is 0 Å². The predicted octanol–water partition coefficient (Wildman–Crippen LogP) is 1.08. The Hall–Kier alpha value is -1.02. The lowest BCUT2D eigenvalue weighted by Crippen LogP contribution is -2.09. The molecule has 1 atom stereocenters. The Morgan fingerprint density at radius 2 is 1.92 bits per heavy atom. The second kappa shape index (κ2) is 3.38. The molecule has 0 spiro atoms. The molecule has 1 heterocycles. The van der Waals surface area contributed by atoms with Crippen molar-refractivity contribution in [2.75, 3.05) is 0 Å². The van der Waals surface area contributed by atoms with Crippen LogP contribution in [-0.2, 0) is 17.3 Å². The third-order valence-corrected chi connectivity index (χ3v) is 1.68. The number of rotatable bonds is 1. The quantitative estimate of drug-likeness (QED) is 0.707. The Bertz CT molecular complexity index is 324. The minimum absolute atomic E-state index is 0.409. The summed E-state index contributed by atoms with van der Waals surface area (Å²) in [7, 11) is 0. The summed E-state index contributed by atoms with van der Waals surface area (Å²) in [5, 5.41) is 5.26. The van der Waals surface area contributed by atoms with E-state index in [0.29, 0.717) is 6.07 Å². The smallest absolute Gasteiger partial charge is 0.301 e. The Labute approximate surface area is 73.1 Å². The van der Waals surface area contributed by atoms with Crippen LogP contribution in [0.15, 0.2) is 17.2 Å². The van der Waals surface area contributed by atoms with Crippen LogP contribution < -0.4 is 0 Å². The molecule has 0 aromatic carbocycles. The molecule has 0 saturated carbocycles. The number of aromatic nitrogens is 2. The topological polar surface area (TPSA) is 63.1 Å². The van der Waals surface area contributed by atoms with Crippen LogP contribution in [0.25, 0.3) is 0 Å². The van der Waals surface area contributed by atoms with Crippen molar-refractivity contribution in [1.82, 2.24) is 10.2 Å². The van der Waals surface area contributed by atoms with Crippen LogP contribution in [0.2, 0.25) is 0 Å². The number of hydrogen-bond acceptors (Lipinski definition) is 3. The lowest BCUT2D eigenvalue weighted by Gasteiger charge is -2.03. The molecular formula is C5H3F3N2O2S. The summed E-state index contributed by atoms with van der Waals surface area (Å²) in [4.78, 5) is 0. The van der Waals surface area contributed by atoms with E-state index >= 15 is 0 Å². The van der Waals surface area contributed by atoms with E-state index in [4.69, 9.17) is 4.55 Å². The molecule has 1 unspecified atom stereocenters. The van der Waals surface area contributed by atoms with Gasteiger partial charge in [-0.2, -0.15) is 13.2 Å². The van der Waals surface area contributed by atoms with E-state index < -0.39 is 28.0 Å². The van der Waals surface area contributed by atoms with E-state index in [0.717, 1.165) is 6.07 Å². The summed E-state index contributed by atoms with van der Waals surface area (Å²) in [5.41, 5.74) is -1.19. The van der Waals surface area contributed by atoms with Crippen molar-refractivity contribution in [2.45, 2.75) is 11.2 Å². The molecule has 0 bridgehead atoms. The zero-order valence-electron chi connectivity index (χ0n) is 5.95. The van der Waals surface area contributed by atoms with Gasteiger partial charge in [0.15, 0.2) is 10.7 Å². The second-order valence-corrected chi connectivity index (χ2v) is 2.92. The van der Waals surface area contributed by atoms with E-state index in [-0.39, 0.29) is 0 Å². The normalized spacial score (nSPS) is 14.2. The van der Waals surface area contributed by atoms with Crippen LogP contribution in [-0.4, -0.2) is 19.0 Å². The summed E-state index contributed by atoms with van der Waals surface area (Å²) in [6.45, 7) is 0. The Morgan fingerprint density at radius 3 is 2.23 bits per heavy atom. The van der Waals surface area contributed by atoms with Gasteiger partial charge in [0.2, 0.25) is 11.1 Å². The lowest BCUT2D eigenvalue weighted by molar-refractivity contribution is -0.141. The van der Waals surface area contributed by atoms with Gasteiger partial charge >= 0.3 is 6.18 Å². The van der Waals surface area contributed by atoms with Crippen LogP contribution in [0, 0.1) is 0 Å². The first-order valence-corrected chi connectivity index (χ1v) is 4.03. The zero-order valence-corrected chi connectivity index (χ0v) is 6.76. The number of halogens is 3. The van der Waals surface area contributed by atoms with E-state index in [1.165, 1.54) is 0 Å². The third-order valence-electron chi connectivity index (χ3n) is 1.11. The van der Waals surface area contributed by atoms with E-state index in [9.17, 15) is 17.4 Å². The average molecular weight is 212 g/mol. The average Bonchev–Trinajstić information content (AvgIpc) is 2.03. The molecule has 0 amide bonds. The van der Waals surface area contributed by atoms with E-state index in [1.54, 1.807) is 0 Å². The highest BCUT2D eigenvalue weighted by Gasteiger charge is 2.33. The molecule has 0 fully saturated rings. The summed E-state index contributed by atoms with van der Waals surface area (Å²) in [6, 6.07) is 1.39. The number of nitrogens with zero attached hydrogens (tertiary/aromatic N) is 2. The third kappa shape index (κ3) is 2.46. The Balaban J connectivity index is 3.01. The second-order valence-electron chi connectivity index (χ2n) is 2.00. The highest BCUT2D eigenvalue weighted by Crippen LogP contribution is 2.26. The van der Waals surface area contributed by atoms with Crippen molar-refractivity contribution in [3.63, 3.8) is 0 Å². The first-order chi connectivity index (χ1) is 5.91. The van der Waals surface area contributed by atoms with Gasteiger partial charge in [-0.05, 0) is 12.1 Å². The highest BCUT2D eigenvalue weighted by molar-refractivity contribution is 7.79.